The van der Waals surface area contributed by atoms with Crippen LogP contribution in [0.4, 0.5) is 0 Å². The van der Waals surface area contributed by atoms with Crippen LogP contribution in [0.3, 0.4) is 0 Å². The van der Waals surface area contributed by atoms with E-state index in [0.29, 0.717) is 23.8 Å². The number of phenolic OH excluding ortho intramolecular Hbond substituents is 1. The quantitative estimate of drug-likeness (QED) is 0.789. The van der Waals surface area contributed by atoms with Gasteiger partial charge in [0.05, 0.1) is 0 Å². The lowest BCUT2D eigenvalue weighted by Gasteiger charge is -2.60. The summed E-state index contributed by atoms with van der Waals surface area (Å²) in [6, 6.07) is 5.06. The third-order valence-electron chi connectivity index (χ3n) is 7.99. The Labute approximate surface area is 155 Å². The number of likely N-dealkylation sites (N-methyl/N-ethyl adjacent to an activating group) is 1. The first kappa shape index (κ1) is 15.5. The number of rotatable bonds is 1. The summed E-state index contributed by atoms with van der Waals surface area (Å²) in [6.45, 7) is 3.57. The maximum Gasteiger partial charge on any atom is 0.166 e. The number of benzene rings is 1. The predicted octanol–water partition coefficient (Wildman–Crippen LogP) is 2.69. The standard InChI is InChI=1S/C22H28N2O2/c1-23-12-9-22-18-8-6-15(24-10-3-2-4-11-24)20(22)16(23)13-14-5-7-17(25)21(26-18)19(14)22/h5-8,15-16,18,20,25H,2-4,9-13H2,1H3. The van der Waals surface area contributed by atoms with Crippen LogP contribution in [0.1, 0.15) is 36.8 Å². The minimum absolute atomic E-state index is 0.0513. The van der Waals surface area contributed by atoms with Gasteiger partial charge in [0.2, 0.25) is 0 Å². The van der Waals surface area contributed by atoms with Gasteiger partial charge < -0.3 is 14.7 Å². The van der Waals surface area contributed by atoms with Crippen molar-refractivity contribution in [2.45, 2.75) is 55.7 Å². The Bertz CT molecular complexity index is 785. The second-order valence-corrected chi connectivity index (χ2v) is 9.03. The van der Waals surface area contributed by atoms with Crippen LogP contribution in [-0.4, -0.2) is 59.8 Å². The van der Waals surface area contributed by atoms with Gasteiger partial charge in [-0.05, 0) is 70.1 Å². The van der Waals surface area contributed by atoms with Crippen molar-refractivity contribution < 1.29 is 9.84 Å². The summed E-state index contributed by atoms with van der Waals surface area (Å²) >= 11 is 0. The van der Waals surface area contributed by atoms with E-state index >= 15 is 0 Å². The molecule has 2 bridgehead atoms. The molecule has 4 heteroatoms. The Balaban J connectivity index is 1.55. The SMILES string of the molecule is CN1CCC23c4c5ccc(O)c4OC2C=CC(N2CCCCC2)C3C1C5. The first-order chi connectivity index (χ1) is 12.7. The second-order valence-electron chi connectivity index (χ2n) is 9.03. The molecule has 4 nitrogen and oxygen atoms in total. The monoisotopic (exact) mass is 352 g/mol. The van der Waals surface area contributed by atoms with E-state index in [1.165, 1.54) is 43.5 Å². The normalized spacial score (nSPS) is 41.0. The molecule has 3 heterocycles. The van der Waals surface area contributed by atoms with E-state index < -0.39 is 0 Å². The summed E-state index contributed by atoms with van der Waals surface area (Å²) in [5.74, 6) is 1.67. The van der Waals surface area contributed by atoms with Gasteiger partial charge in [-0.2, -0.15) is 0 Å². The molecule has 5 aliphatic rings. The third-order valence-corrected chi connectivity index (χ3v) is 7.99. The Kier molecular flexibility index (Phi) is 3.14. The van der Waals surface area contributed by atoms with Crippen molar-refractivity contribution >= 4 is 0 Å². The fourth-order valence-corrected chi connectivity index (χ4v) is 6.87. The predicted molar refractivity (Wildman–Crippen MR) is 101 cm³/mol. The average Bonchev–Trinajstić information content (AvgIpc) is 3.01. The van der Waals surface area contributed by atoms with E-state index in [1.807, 2.05) is 6.07 Å². The molecule has 138 valence electrons. The van der Waals surface area contributed by atoms with Crippen LogP contribution in [0.5, 0.6) is 11.5 Å². The van der Waals surface area contributed by atoms with E-state index in [2.05, 4.69) is 35.1 Å². The van der Waals surface area contributed by atoms with Gasteiger partial charge in [-0.3, -0.25) is 4.90 Å². The Hall–Kier alpha value is -1.52. The number of hydrogen-bond acceptors (Lipinski definition) is 4. The molecule has 5 atom stereocenters. The molecule has 0 aromatic heterocycles. The number of likely N-dealkylation sites (tertiary alicyclic amines) is 2. The maximum absolute atomic E-state index is 10.5. The largest absolute Gasteiger partial charge is 0.504 e. The molecule has 1 spiro atoms. The number of ether oxygens (including phenoxy) is 1. The topological polar surface area (TPSA) is 35.9 Å². The lowest BCUT2D eigenvalue weighted by molar-refractivity contribution is -0.0457. The number of aromatic hydroxyl groups is 1. The highest BCUT2D eigenvalue weighted by atomic mass is 16.5. The smallest absolute Gasteiger partial charge is 0.166 e. The third kappa shape index (κ3) is 1.77. The lowest BCUT2D eigenvalue weighted by atomic mass is 9.52. The number of nitrogens with zero attached hydrogens (tertiary/aromatic N) is 2. The van der Waals surface area contributed by atoms with E-state index in [1.54, 1.807) is 0 Å². The van der Waals surface area contributed by atoms with Crippen molar-refractivity contribution in [1.29, 1.82) is 0 Å². The van der Waals surface area contributed by atoms with Crippen LogP contribution >= 0.6 is 0 Å². The van der Waals surface area contributed by atoms with Gasteiger partial charge in [0, 0.05) is 29.0 Å². The molecule has 1 aromatic rings. The van der Waals surface area contributed by atoms with Crippen molar-refractivity contribution in [3.63, 3.8) is 0 Å². The molecule has 1 aromatic carbocycles. The molecule has 0 radical (unpaired) electrons. The highest BCUT2D eigenvalue weighted by Gasteiger charge is 2.64. The molecule has 2 aliphatic carbocycles. The van der Waals surface area contributed by atoms with Crippen LogP contribution in [0.15, 0.2) is 24.3 Å². The molecule has 1 N–H and O–H groups in total. The minimum Gasteiger partial charge on any atom is -0.504 e. The van der Waals surface area contributed by atoms with Crippen molar-refractivity contribution in [3.8, 4) is 11.5 Å². The highest BCUT2D eigenvalue weighted by Crippen LogP contribution is 2.62. The summed E-state index contributed by atoms with van der Waals surface area (Å²) in [7, 11) is 2.31. The second kappa shape index (κ2) is 5.26. The van der Waals surface area contributed by atoms with Crippen molar-refractivity contribution in [2.24, 2.45) is 5.92 Å². The molecular formula is C22H28N2O2. The summed E-state index contributed by atoms with van der Waals surface area (Å²) in [6.07, 6.45) is 11.1. The maximum atomic E-state index is 10.5. The van der Waals surface area contributed by atoms with Crippen LogP contribution < -0.4 is 4.74 Å². The molecule has 2 saturated heterocycles. The first-order valence-corrected chi connectivity index (χ1v) is 10.3. The van der Waals surface area contributed by atoms with Gasteiger partial charge in [0.1, 0.15) is 6.10 Å². The molecule has 6 rings (SSSR count). The summed E-state index contributed by atoms with van der Waals surface area (Å²) in [5, 5.41) is 10.5. The van der Waals surface area contributed by atoms with Gasteiger partial charge in [0.15, 0.2) is 11.5 Å². The van der Waals surface area contributed by atoms with Crippen molar-refractivity contribution in [1.82, 2.24) is 9.80 Å². The first-order valence-electron chi connectivity index (χ1n) is 10.3. The number of phenols is 1. The molecule has 0 saturated carbocycles. The number of hydrogen-bond donors (Lipinski definition) is 1. The van der Waals surface area contributed by atoms with E-state index in [4.69, 9.17) is 4.74 Å². The van der Waals surface area contributed by atoms with E-state index in [-0.39, 0.29) is 11.5 Å². The van der Waals surface area contributed by atoms with Gasteiger partial charge in [0.25, 0.3) is 0 Å². The Morgan fingerprint density at radius 3 is 2.81 bits per heavy atom. The van der Waals surface area contributed by atoms with Gasteiger partial charge in [-0.25, -0.2) is 0 Å². The van der Waals surface area contributed by atoms with Crippen LogP contribution in [0.2, 0.25) is 0 Å². The average molecular weight is 352 g/mol. The molecular weight excluding hydrogens is 324 g/mol. The lowest BCUT2D eigenvalue weighted by Crippen LogP contribution is -2.68. The van der Waals surface area contributed by atoms with Gasteiger partial charge >= 0.3 is 0 Å². The zero-order valence-corrected chi connectivity index (χ0v) is 15.5. The summed E-state index contributed by atoms with van der Waals surface area (Å²) < 4.78 is 6.41. The minimum atomic E-state index is 0.0513. The molecule has 0 amide bonds. The summed E-state index contributed by atoms with van der Waals surface area (Å²) in [4.78, 5) is 5.33. The van der Waals surface area contributed by atoms with Gasteiger partial charge in [-0.15, -0.1) is 0 Å². The Morgan fingerprint density at radius 1 is 1.12 bits per heavy atom. The summed E-state index contributed by atoms with van der Waals surface area (Å²) in [5.41, 5.74) is 2.80. The van der Waals surface area contributed by atoms with Crippen LogP contribution in [0, 0.1) is 5.92 Å². The molecule has 2 fully saturated rings. The zero-order chi connectivity index (χ0) is 17.5. The molecule has 5 unspecified atom stereocenters. The van der Waals surface area contributed by atoms with Crippen molar-refractivity contribution in [2.75, 3.05) is 26.7 Å². The van der Waals surface area contributed by atoms with E-state index in [0.717, 1.165) is 25.1 Å². The molecule has 3 aliphatic heterocycles. The van der Waals surface area contributed by atoms with Crippen LogP contribution in [-0.2, 0) is 11.8 Å². The van der Waals surface area contributed by atoms with E-state index in [9.17, 15) is 5.11 Å². The van der Waals surface area contributed by atoms with Crippen LogP contribution in [0.25, 0.3) is 0 Å². The molecule has 26 heavy (non-hydrogen) atoms. The zero-order valence-electron chi connectivity index (χ0n) is 15.5. The highest BCUT2D eigenvalue weighted by molar-refractivity contribution is 5.61. The number of piperidine rings is 2. The van der Waals surface area contributed by atoms with Gasteiger partial charge in [-0.1, -0.05) is 18.6 Å². The van der Waals surface area contributed by atoms with Crippen molar-refractivity contribution in [3.05, 3.63) is 35.4 Å². The fraction of sp³-hybridized carbons (Fsp3) is 0.636. The Morgan fingerprint density at radius 2 is 1.96 bits per heavy atom. The fourth-order valence-electron chi connectivity index (χ4n) is 6.87.